The number of carbonyl (C=O) groups is 1. The number of hydrogen-bond donors (Lipinski definition) is 6. The highest BCUT2D eigenvalue weighted by atomic mass is 32.2. The van der Waals surface area contributed by atoms with Crippen molar-refractivity contribution in [1.29, 1.82) is 0 Å². The number of imidazole rings is 1. The minimum Gasteiger partial charge on any atom is -0.459 e. The Balaban J connectivity index is 1.61. The Bertz CT molecular complexity index is 1710. The summed E-state index contributed by atoms with van der Waals surface area (Å²) in [6, 6.07) is 0. The van der Waals surface area contributed by atoms with Gasteiger partial charge in [0, 0.05) is 17.4 Å². The van der Waals surface area contributed by atoms with Gasteiger partial charge in [0.1, 0.15) is 36.3 Å². The van der Waals surface area contributed by atoms with Crippen molar-refractivity contribution in [3.63, 3.8) is 0 Å². The number of esters is 1. The minimum absolute atomic E-state index is 0.0515. The van der Waals surface area contributed by atoms with E-state index in [2.05, 4.69) is 44.6 Å². The molecule has 0 bridgehead atoms. The molecule has 382 valence electrons. The molecule has 2 aromatic heterocycles. The number of carbonyl (C=O) groups excluding carboxylic acids is 1. The lowest BCUT2D eigenvalue weighted by Gasteiger charge is -2.26. The van der Waals surface area contributed by atoms with Crippen LogP contribution in [0.25, 0.3) is 11.2 Å². The summed E-state index contributed by atoms with van der Waals surface area (Å²) in [6.45, 7) is 6.44. The fraction of sp³-hybridized carbons (Fsp3) is 0.867. The number of ether oxygens (including phenoxy) is 3. The van der Waals surface area contributed by atoms with Gasteiger partial charge in [0.05, 0.1) is 12.9 Å². The van der Waals surface area contributed by atoms with Gasteiger partial charge in [-0.15, -0.1) is 0 Å². The highest BCUT2D eigenvalue weighted by molar-refractivity contribution is 7.99. The molecule has 18 nitrogen and oxygen atoms in total. The summed E-state index contributed by atoms with van der Waals surface area (Å²) in [4.78, 5) is 53.8. The third-order valence-corrected chi connectivity index (χ3v) is 15.5. The van der Waals surface area contributed by atoms with Crippen LogP contribution in [0.15, 0.2) is 12.7 Å². The van der Waals surface area contributed by atoms with Gasteiger partial charge >= 0.3 is 21.6 Å². The Morgan fingerprint density at radius 3 is 1.85 bits per heavy atom. The summed E-state index contributed by atoms with van der Waals surface area (Å²) in [5, 5.41) is 22.6. The van der Waals surface area contributed by atoms with E-state index in [1.807, 2.05) is 0 Å². The molecule has 0 aromatic carbocycles. The van der Waals surface area contributed by atoms with Crippen molar-refractivity contribution in [2.45, 2.75) is 236 Å². The van der Waals surface area contributed by atoms with Crippen LogP contribution in [0.5, 0.6) is 0 Å². The number of nitrogen functional groups attached to an aromatic ring is 1. The first kappa shape index (κ1) is 58.6. The maximum atomic E-state index is 13.3. The molecule has 3 rings (SSSR count). The average molecular weight is 996 g/mol. The lowest BCUT2D eigenvalue weighted by atomic mass is 10.0. The lowest BCUT2D eigenvalue weighted by Crippen LogP contribution is -2.42. The van der Waals surface area contributed by atoms with E-state index in [0.29, 0.717) is 12.2 Å². The zero-order valence-corrected chi connectivity index (χ0v) is 42.5. The number of phosphoric acid groups is 2. The third-order valence-electron chi connectivity index (χ3n) is 11.9. The molecule has 0 spiro atoms. The van der Waals surface area contributed by atoms with Gasteiger partial charge in [-0.25, -0.2) is 24.1 Å². The summed E-state index contributed by atoms with van der Waals surface area (Å²) in [6.07, 6.45) is 25.0. The molecule has 7 N–H and O–H groups in total. The molecule has 0 aliphatic carbocycles. The first-order chi connectivity index (χ1) is 31.7. The van der Waals surface area contributed by atoms with E-state index in [1.54, 1.807) is 11.8 Å². The highest BCUT2D eigenvalue weighted by Crippen LogP contribution is 2.58. The van der Waals surface area contributed by atoms with Crippen LogP contribution in [0.1, 0.15) is 200 Å². The van der Waals surface area contributed by atoms with E-state index in [1.165, 1.54) is 139 Å². The van der Waals surface area contributed by atoms with Crippen LogP contribution in [0, 0.1) is 0 Å². The second-order valence-corrected chi connectivity index (χ2v) is 22.1. The Morgan fingerprint density at radius 2 is 1.32 bits per heavy atom. The summed E-state index contributed by atoms with van der Waals surface area (Å²) >= 11 is 1.66. The standard InChI is InChI=1S/C45H83N5O13P2S/c1-4-6-8-10-12-14-16-18-20-22-24-26-28-30-37(51)60-36(32-66-35(3)29-27-25-23-21-19-17-15-13-11-9-7-5-2)31-59-40-39(52)41(45(53)62-65(57,58)63-64(54,55)56)61-44(40)50-34-49-38-42(46)47-33-48-43(38)50/h33-36,39-41,44-45,52-53H,4-32H2,1-3H3,(H,57,58)(H2,46,47,48)(H2,54,55,56)/t35?,36?,39-,40-,41-,44-,45?/m0/s1. The molecule has 21 heteroatoms. The molecule has 66 heavy (non-hydrogen) atoms. The monoisotopic (exact) mass is 996 g/mol. The largest absolute Gasteiger partial charge is 0.483 e. The Hall–Kier alpha value is -1.73. The van der Waals surface area contributed by atoms with Gasteiger partial charge in [-0.05, 0) is 12.8 Å². The molecule has 0 amide bonds. The maximum absolute atomic E-state index is 13.3. The van der Waals surface area contributed by atoms with Gasteiger partial charge < -0.3 is 44.8 Å². The van der Waals surface area contributed by atoms with Crippen molar-refractivity contribution in [2.75, 3.05) is 18.1 Å². The number of hydrogen-bond acceptors (Lipinski definition) is 15. The summed E-state index contributed by atoms with van der Waals surface area (Å²) in [5.41, 5.74) is 6.38. The SMILES string of the molecule is CCCCCCCCCCCCCCCC(=O)OC(CO[C@H]1[C@H](O)[C@@H](C(O)OP(=O)(O)OP(=O)(O)O)O[C@@H]1n1cnc2c(N)ncnc21)CSC(C)CCCCCCCCCCCCCC. The highest BCUT2D eigenvalue weighted by Gasteiger charge is 2.51. The molecule has 4 unspecified atom stereocenters. The van der Waals surface area contributed by atoms with Crippen molar-refractivity contribution in [3.8, 4) is 0 Å². The summed E-state index contributed by atoms with van der Waals surface area (Å²) < 4.78 is 51.6. The number of nitrogens with two attached hydrogens (primary N) is 1. The second kappa shape index (κ2) is 33.0. The van der Waals surface area contributed by atoms with E-state index in [4.69, 9.17) is 29.7 Å². The van der Waals surface area contributed by atoms with E-state index < -0.39 is 52.6 Å². The molecule has 8 atom stereocenters. The fourth-order valence-electron chi connectivity index (χ4n) is 8.22. The molecule has 1 fully saturated rings. The lowest BCUT2D eigenvalue weighted by molar-refractivity contribution is -0.161. The van der Waals surface area contributed by atoms with E-state index in [-0.39, 0.29) is 41.2 Å². The minimum atomic E-state index is -5.57. The fourth-order valence-corrected chi connectivity index (χ4v) is 10.9. The number of phosphoric ester groups is 1. The molecule has 1 aliphatic heterocycles. The van der Waals surface area contributed by atoms with Crippen LogP contribution in [0.3, 0.4) is 0 Å². The van der Waals surface area contributed by atoms with Gasteiger partial charge in [-0.2, -0.15) is 16.1 Å². The van der Waals surface area contributed by atoms with Crippen molar-refractivity contribution in [1.82, 2.24) is 19.5 Å². The van der Waals surface area contributed by atoms with Crippen molar-refractivity contribution in [3.05, 3.63) is 12.7 Å². The molecule has 2 aromatic rings. The smallest absolute Gasteiger partial charge is 0.459 e. The molecule has 1 saturated heterocycles. The molecule has 0 saturated carbocycles. The predicted molar refractivity (Wildman–Crippen MR) is 257 cm³/mol. The molecular formula is C45H83N5O13P2S. The van der Waals surface area contributed by atoms with Crippen LogP contribution in [0.4, 0.5) is 5.82 Å². The summed E-state index contributed by atoms with van der Waals surface area (Å²) in [5.74, 6) is 0.0906. The first-order valence-electron chi connectivity index (χ1n) is 24.8. The van der Waals surface area contributed by atoms with Crippen molar-refractivity contribution >= 4 is 50.4 Å². The maximum Gasteiger partial charge on any atom is 0.483 e. The van der Waals surface area contributed by atoms with Crippen LogP contribution < -0.4 is 5.73 Å². The quantitative estimate of drug-likeness (QED) is 0.0157. The van der Waals surface area contributed by atoms with Crippen LogP contribution >= 0.6 is 27.4 Å². The molecular weight excluding hydrogens is 913 g/mol. The molecule has 1 aliphatic rings. The number of unbranched alkanes of at least 4 members (excludes halogenated alkanes) is 23. The average Bonchev–Trinajstić information content (AvgIpc) is 3.84. The van der Waals surface area contributed by atoms with Crippen LogP contribution in [0.2, 0.25) is 0 Å². The Morgan fingerprint density at radius 1 is 0.803 bits per heavy atom. The van der Waals surface area contributed by atoms with Gasteiger partial charge in [0.2, 0.25) is 0 Å². The van der Waals surface area contributed by atoms with Crippen molar-refractivity contribution < 1.29 is 61.9 Å². The number of fused-ring (bicyclic) bond motifs is 1. The van der Waals surface area contributed by atoms with Gasteiger partial charge in [0.25, 0.3) is 0 Å². The topological polar surface area (TPSA) is 268 Å². The number of aromatic nitrogens is 4. The van der Waals surface area contributed by atoms with Crippen molar-refractivity contribution in [2.24, 2.45) is 0 Å². The summed E-state index contributed by atoms with van der Waals surface area (Å²) in [7, 11) is -11.1. The number of anilines is 1. The number of thioether (sulfide) groups is 1. The van der Waals surface area contributed by atoms with Gasteiger partial charge in [0.15, 0.2) is 24.0 Å². The second-order valence-electron chi connectivity index (χ2n) is 17.8. The number of aliphatic hydroxyl groups excluding tert-OH is 2. The Labute approximate surface area is 397 Å². The normalized spacial score (nSPS) is 20.1. The first-order valence-corrected chi connectivity index (χ1v) is 28.9. The van der Waals surface area contributed by atoms with Crippen LogP contribution in [-0.2, 0) is 37.0 Å². The van der Waals surface area contributed by atoms with Gasteiger partial charge in [-0.3, -0.25) is 13.9 Å². The number of aliphatic hydroxyl groups is 2. The van der Waals surface area contributed by atoms with E-state index >= 15 is 0 Å². The predicted octanol–water partition coefficient (Wildman–Crippen LogP) is 10.2. The number of nitrogens with zero attached hydrogens (tertiary/aromatic N) is 4. The van der Waals surface area contributed by atoms with Crippen LogP contribution in [-0.4, -0.2) is 98.7 Å². The molecule has 0 radical (unpaired) electrons. The van der Waals surface area contributed by atoms with E-state index in [9.17, 15) is 29.0 Å². The van der Waals surface area contributed by atoms with E-state index in [0.717, 1.165) is 38.5 Å². The van der Waals surface area contributed by atoms with Gasteiger partial charge in [-0.1, -0.05) is 175 Å². The zero-order valence-electron chi connectivity index (χ0n) is 39.9. The zero-order chi connectivity index (χ0) is 48.2. The number of rotatable bonds is 40. The molecule has 3 heterocycles. The Kier molecular flexibility index (Phi) is 29.3. The third kappa shape index (κ3) is 23.7.